The molecule has 0 spiro atoms. The fraction of sp³-hybridized carbons (Fsp3) is 0.0612. The lowest BCUT2D eigenvalue weighted by Crippen LogP contribution is -2.14. The van der Waals surface area contributed by atoms with E-state index in [1.165, 1.54) is 27.8 Å². The van der Waals surface area contributed by atoms with E-state index in [2.05, 4.69) is 170 Å². The summed E-state index contributed by atoms with van der Waals surface area (Å²) < 4.78 is 13.3. The first-order chi connectivity index (χ1) is 25.5. The third-order valence-corrected chi connectivity index (χ3v) is 11.3. The Morgan fingerprint density at radius 1 is 0.423 bits per heavy atom. The number of para-hydroxylation sites is 2. The molecule has 2 heterocycles. The Kier molecular flexibility index (Phi) is 6.01. The average molecular weight is 668 g/mol. The predicted octanol–water partition coefficient (Wildman–Crippen LogP) is 14.1. The van der Waals surface area contributed by atoms with Crippen LogP contribution in [0.3, 0.4) is 0 Å². The molecule has 0 aliphatic heterocycles. The number of fused-ring (bicyclic) bond motifs is 11. The maximum atomic E-state index is 6.91. The van der Waals surface area contributed by atoms with E-state index in [4.69, 9.17) is 8.83 Å². The number of hydrogen-bond acceptors (Lipinski definition) is 3. The van der Waals surface area contributed by atoms with E-state index in [1.807, 2.05) is 12.1 Å². The Morgan fingerprint density at radius 3 is 2.06 bits per heavy atom. The summed E-state index contributed by atoms with van der Waals surface area (Å²) in [6.07, 6.45) is 0. The molecule has 0 unspecified atom stereocenters. The van der Waals surface area contributed by atoms with Crippen molar-refractivity contribution in [3.63, 3.8) is 0 Å². The van der Waals surface area contributed by atoms with Crippen LogP contribution in [0.2, 0.25) is 0 Å². The lowest BCUT2D eigenvalue weighted by atomic mass is 9.82. The molecule has 0 fully saturated rings. The Balaban J connectivity index is 1.13. The Bertz CT molecular complexity index is 3070. The molecule has 0 saturated carbocycles. The van der Waals surface area contributed by atoms with Crippen molar-refractivity contribution in [2.45, 2.75) is 19.3 Å². The fourth-order valence-corrected chi connectivity index (χ4v) is 8.69. The van der Waals surface area contributed by atoms with Gasteiger partial charge in [-0.05, 0) is 87.3 Å². The zero-order chi connectivity index (χ0) is 34.6. The molecule has 3 heteroatoms. The van der Waals surface area contributed by atoms with E-state index in [-0.39, 0.29) is 5.41 Å². The van der Waals surface area contributed by atoms with Crippen molar-refractivity contribution in [2.75, 3.05) is 4.90 Å². The lowest BCUT2D eigenvalue weighted by Gasteiger charge is -2.26. The molecule has 1 aliphatic carbocycles. The minimum absolute atomic E-state index is 0.0327. The first kappa shape index (κ1) is 29.2. The van der Waals surface area contributed by atoms with Crippen molar-refractivity contribution in [3.05, 3.63) is 175 Å². The molecule has 0 saturated heterocycles. The quantitative estimate of drug-likeness (QED) is 0.187. The van der Waals surface area contributed by atoms with Gasteiger partial charge in [0.1, 0.15) is 16.7 Å². The fourth-order valence-electron chi connectivity index (χ4n) is 8.69. The van der Waals surface area contributed by atoms with Gasteiger partial charge in [-0.25, -0.2) is 0 Å². The first-order valence-corrected chi connectivity index (χ1v) is 17.9. The summed E-state index contributed by atoms with van der Waals surface area (Å²) in [6.45, 7) is 4.66. The maximum Gasteiger partial charge on any atom is 0.159 e. The number of nitrogens with zero attached hydrogens (tertiary/aromatic N) is 1. The van der Waals surface area contributed by atoms with Gasteiger partial charge in [-0.15, -0.1) is 0 Å². The zero-order valence-electron chi connectivity index (χ0n) is 28.9. The molecule has 0 N–H and O–H groups in total. The van der Waals surface area contributed by atoms with Gasteiger partial charge in [0, 0.05) is 44.1 Å². The predicted molar refractivity (Wildman–Crippen MR) is 216 cm³/mol. The van der Waals surface area contributed by atoms with Gasteiger partial charge in [0.15, 0.2) is 5.58 Å². The normalized spacial score (nSPS) is 13.3. The van der Waals surface area contributed by atoms with Crippen LogP contribution in [-0.2, 0) is 5.41 Å². The smallest absolute Gasteiger partial charge is 0.159 e. The van der Waals surface area contributed by atoms with Crippen molar-refractivity contribution in [1.82, 2.24) is 0 Å². The minimum atomic E-state index is -0.0327. The van der Waals surface area contributed by atoms with Crippen LogP contribution in [0.25, 0.3) is 76.9 Å². The van der Waals surface area contributed by atoms with Crippen LogP contribution in [0.5, 0.6) is 0 Å². The van der Waals surface area contributed by atoms with Crippen LogP contribution in [0.4, 0.5) is 17.1 Å². The molecule has 11 rings (SSSR count). The molecule has 1 aliphatic rings. The van der Waals surface area contributed by atoms with Crippen LogP contribution >= 0.6 is 0 Å². The van der Waals surface area contributed by atoms with Crippen molar-refractivity contribution in [2.24, 2.45) is 0 Å². The highest BCUT2D eigenvalue weighted by Gasteiger charge is 2.35. The zero-order valence-corrected chi connectivity index (χ0v) is 28.9. The molecule has 52 heavy (non-hydrogen) atoms. The molecule has 8 aromatic carbocycles. The summed E-state index contributed by atoms with van der Waals surface area (Å²) >= 11 is 0. The molecule has 0 amide bonds. The van der Waals surface area contributed by atoms with Gasteiger partial charge >= 0.3 is 0 Å². The van der Waals surface area contributed by atoms with E-state index in [9.17, 15) is 0 Å². The van der Waals surface area contributed by atoms with Crippen molar-refractivity contribution in [1.29, 1.82) is 0 Å². The van der Waals surface area contributed by atoms with E-state index >= 15 is 0 Å². The summed E-state index contributed by atoms with van der Waals surface area (Å²) in [4.78, 5) is 2.31. The summed E-state index contributed by atoms with van der Waals surface area (Å²) in [7, 11) is 0. The molecular weight excluding hydrogens is 635 g/mol. The van der Waals surface area contributed by atoms with Crippen molar-refractivity contribution in [3.8, 4) is 22.3 Å². The molecule has 246 valence electrons. The summed E-state index contributed by atoms with van der Waals surface area (Å²) in [5, 5.41) is 6.69. The second-order valence-electron chi connectivity index (χ2n) is 14.5. The SMILES string of the molecule is CC1(C)c2ccccc2-c2cc(-c3cccc(N(c4ccc5c(c4)oc4ccccc45)c4cccc5c4oc4c6ccccc6ccc54)c3)ccc21. The minimum Gasteiger partial charge on any atom is -0.456 e. The first-order valence-electron chi connectivity index (χ1n) is 17.9. The second-order valence-corrected chi connectivity index (χ2v) is 14.5. The summed E-state index contributed by atoms with van der Waals surface area (Å²) in [6, 6.07) is 58.7. The van der Waals surface area contributed by atoms with Gasteiger partial charge in [0.25, 0.3) is 0 Å². The highest BCUT2D eigenvalue weighted by Crippen LogP contribution is 2.50. The number of benzene rings is 8. The van der Waals surface area contributed by atoms with Crippen LogP contribution in [-0.4, -0.2) is 0 Å². The molecule has 0 bridgehead atoms. The number of anilines is 3. The van der Waals surface area contributed by atoms with Gasteiger partial charge in [0.2, 0.25) is 0 Å². The van der Waals surface area contributed by atoms with E-state index in [0.717, 1.165) is 77.3 Å². The monoisotopic (exact) mass is 667 g/mol. The number of rotatable bonds is 4. The second kappa shape index (κ2) is 10.7. The highest BCUT2D eigenvalue weighted by atomic mass is 16.3. The maximum absolute atomic E-state index is 6.91. The van der Waals surface area contributed by atoms with Crippen LogP contribution in [0.1, 0.15) is 25.0 Å². The topological polar surface area (TPSA) is 29.5 Å². The van der Waals surface area contributed by atoms with Gasteiger partial charge in [0.05, 0.1) is 11.4 Å². The van der Waals surface area contributed by atoms with Gasteiger partial charge < -0.3 is 13.7 Å². The number of hydrogen-bond donors (Lipinski definition) is 0. The van der Waals surface area contributed by atoms with Crippen LogP contribution in [0.15, 0.2) is 173 Å². The van der Waals surface area contributed by atoms with Crippen LogP contribution < -0.4 is 4.90 Å². The summed E-state index contributed by atoms with van der Waals surface area (Å²) in [5.74, 6) is 0. The Hall–Kier alpha value is -6.58. The van der Waals surface area contributed by atoms with Crippen LogP contribution in [0, 0.1) is 0 Å². The molecule has 3 nitrogen and oxygen atoms in total. The average Bonchev–Trinajstić information content (AvgIpc) is 3.83. The summed E-state index contributed by atoms with van der Waals surface area (Å²) in [5.41, 5.74) is 14.2. The highest BCUT2D eigenvalue weighted by molar-refractivity contribution is 6.17. The van der Waals surface area contributed by atoms with E-state index in [1.54, 1.807) is 0 Å². The standard InChI is InChI=1S/C49H33NO2/c1-49(2)42-18-7-5-15-36(42)41-28-32(22-26-43(41)49)31-12-9-13-33(27-31)50(34-23-25-38-37-16-6-8-20-45(37)51-46(38)29-34)44-19-10-17-39-40-24-21-30-11-3-4-14-35(30)47(40)52-48(39)44/h3-29H,1-2H3. The van der Waals surface area contributed by atoms with Gasteiger partial charge in [-0.3, -0.25) is 0 Å². The van der Waals surface area contributed by atoms with Gasteiger partial charge in [-0.1, -0.05) is 123 Å². The Morgan fingerprint density at radius 2 is 1.12 bits per heavy atom. The largest absolute Gasteiger partial charge is 0.456 e. The molecule has 10 aromatic rings. The third kappa shape index (κ3) is 4.14. The van der Waals surface area contributed by atoms with Gasteiger partial charge in [-0.2, -0.15) is 0 Å². The molecule has 0 atom stereocenters. The lowest BCUT2D eigenvalue weighted by molar-refractivity contribution is 0.660. The van der Waals surface area contributed by atoms with Crippen molar-refractivity contribution < 1.29 is 8.83 Å². The van der Waals surface area contributed by atoms with E-state index in [0.29, 0.717) is 0 Å². The molecule has 0 radical (unpaired) electrons. The third-order valence-electron chi connectivity index (χ3n) is 11.3. The Labute approximate surface area is 301 Å². The van der Waals surface area contributed by atoms with E-state index < -0.39 is 0 Å². The molecule has 2 aromatic heterocycles. The number of furan rings is 2. The van der Waals surface area contributed by atoms with Crippen molar-refractivity contribution >= 4 is 71.7 Å². The molecular formula is C49H33NO2.